The lowest BCUT2D eigenvalue weighted by Crippen LogP contribution is -2.46. The Morgan fingerprint density at radius 3 is 2.68 bits per heavy atom. The summed E-state index contributed by atoms with van der Waals surface area (Å²) in [4.78, 5) is 26.1. The van der Waals surface area contributed by atoms with E-state index >= 15 is 0 Å². The van der Waals surface area contributed by atoms with Crippen LogP contribution in [-0.2, 0) is 4.74 Å². The van der Waals surface area contributed by atoms with Gasteiger partial charge in [0.05, 0.1) is 6.61 Å². The summed E-state index contributed by atoms with van der Waals surface area (Å²) in [5.74, 6) is 1.56. The maximum Gasteiger partial charge on any atom is 0.407 e. The maximum absolute atomic E-state index is 12.6. The largest absolute Gasteiger partial charge is 0.454 e. The molecule has 7 nitrogen and oxygen atoms in total. The first kappa shape index (κ1) is 17.4. The number of ether oxygens (including phenoxy) is 3. The SMILES string of the molecule is CC(C)COC(=O)NC1CCN(C(=O)c2ccc3c(c2)OCO3)CC1. The molecule has 0 radical (unpaired) electrons. The van der Waals surface area contributed by atoms with Crippen molar-refractivity contribution in [2.45, 2.75) is 32.7 Å². The number of carbonyl (C=O) groups excluding carboxylic acids is 2. The Labute approximate surface area is 147 Å². The average molecular weight is 348 g/mol. The maximum atomic E-state index is 12.6. The van der Waals surface area contributed by atoms with E-state index in [0.717, 1.165) is 0 Å². The van der Waals surface area contributed by atoms with E-state index in [0.29, 0.717) is 55.5 Å². The minimum absolute atomic E-state index is 0.0286. The van der Waals surface area contributed by atoms with Gasteiger partial charge in [-0.2, -0.15) is 0 Å². The van der Waals surface area contributed by atoms with Crippen LogP contribution in [0.25, 0.3) is 0 Å². The Morgan fingerprint density at radius 1 is 1.24 bits per heavy atom. The van der Waals surface area contributed by atoms with Crippen LogP contribution in [0.5, 0.6) is 11.5 Å². The number of carbonyl (C=O) groups is 2. The number of amides is 2. The van der Waals surface area contributed by atoms with Crippen molar-refractivity contribution in [3.8, 4) is 11.5 Å². The van der Waals surface area contributed by atoms with E-state index < -0.39 is 0 Å². The Bertz CT molecular complexity index is 638. The van der Waals surface area contributed by atoms with Gasteiger partial charge >= 0.3 is 6.09 Å². The summed E-state index contributed by atoms with van der Waals surface area (Å²) in [6.07, 6.45) is 1.05. The first-order valence-electron chi connectivity index (χ1n) is 8.65. The Balaban J connectivity index is 1.48. The van der Waals surface area contributed by atoms with Crippen molar-refractivity contribution >= 4 is 12.0 Å². The fraction of sp³-hybridized carbons (Fsp3) is 0.556. The van der Waals surface area contributed by atoms with Gasteiger partial charge < -0.3 is 24.4 Å². The Morgan fingerprint density at radius 2 is 1.96 bits per heavy atom. The summed E-state index contributed by atoms with van der Waals surface area (Å²) in [5.41, 5.74) is 0.590. The highest BCUT2D eigenvalue weighted by Gasteiger charge is 2.26. The molecule has 0 aromatic heterocycles. The van der Waals surface area contributed by atoms with E-state index in [4.69, 9.17) is 14.2 Å². The van der Waals surface area contributed by atoms with Gasteiger partial charge in [0.25, 0.3) is 5.91 Å². The fourth-order valence-electron chi connectivity index (χ4n) is 2.89. The topological polar surface area (TPSA) is 77.1 Å². The number of benzene rings is 1. The predicted molar refractivity (Wildman–Crippen MR) is 90.8 cm³/mol. The summed E-state index contributed by atoms with van der Waals surface area (Å²) in [5, 5.41) is 2.87. The van der Waals surface area contributed by atoms with Crippen LogP contribution in [0.2, 0.25) is 0 Å². The van der Waals surface area contributed by atoms with E-state index in [1.54, 1.807) is 23.1 Å². The lowest BCUT2D eigenvalue weighted by atomic mass is 10.0. The molecule has 7 heteroatoms. The molecule has 0 aliphatic carbocycles. The molecule has 2 aliphatic rings. The number of likely N-dealkylation sites (tertiary alicyclic amines) is 1. The van der Waals surface area contributed by atoms with Gasteiger partial charge in [-0.25, -0.2) is 4.79 Å². The molecule has 0 bridgehead atoms. The highest BCUT2D eigenvalue weighted by atomic mass is 16.7. The average Bonchev–Trinajstić information content (AvgIpc) is 3.07. The van der Waals surface area contributed by atoms with Crippen LogP contribution in [-0.4, -0.2) is 49.4 Å². The molecule has 1 aromatic carbocycles. The van der Waals surface area contributed by atoms with Crippen molar-refractivity contribution in [2.75, 3.05) is 26.5 Å². The number of piperidine rings is 1. The molecule has 2 amide bonds. The second-order valence-corrected chi connectivity index (χ2v) is 6.77. The van der Waals surface area contributed by atoms with Gasteiger partial charge in [-0.1, -0.05) is 13.8 Å². The molecule has 2 aliphatic heterocycles. The van der Waals surface area contributed by atoms with Gasteiger partial charge in [0.2, 0.25) is 6.79 Å². The van der Waals surface area contributed by atoms with E-state index in [1.807, 2.05) is 13.8 Å². The second kappa shape index (κ2) is 7.63. The third-order valence-corrected chi connectivity index (χ3v) is 4.27. The highest BCUT2D eigenvalue weighted by molar-refractivity contribution is 5.95. The molecule has 2 heterocycles. The van der Waals surface area contributed by atoms with Crippen LogP contribution in [0.1, 0.15) is 37.0 Å². The van der Waals surface area contributed by atoms with Gasteiger partial charge in [0.15, 0.2) is 11.5 Å². The zero-order valence-corrected chi connectivity index (χ0v) is 14.6. The van der Waals surface area contributed by atoms with Gasteiger partial charge in [0.1, 0.15) is 0 Å². The quantitative estimate of drug-likeness (QED) is 0.904. The summed E-state index contributed by atoms with van der Waals surface area (Å²) in [6, 6.07) is 5.27. The first-order chi connectivity index (χ1) is 12.0. The molecule has 0 spiro atoms. The molecule has 3 rings (SSSR count). The molecular weight excluding hydrogens is 324 g/mol. The Kier molecular flexibility index (Phi) is 5.31. The van der Waals surface area contributed by atoms with Crippen LogP contribution >= 0.6 is 0 Å². The lowest BCUT2D eigenvalue weighted by molar-refractivity contribution is 0.0699. The lowest BCUT2D eigenvalue weighted by Gasteiger charge is -2.32. The third-order valence-electron chi connectivity index (χ3n) is 4.27. The number of nitrogens with one attached hydrogen (secondary N) is 1. The molecule has 1 saturated heterocycles. The third kappa shape index (κ3) is 4.35. The van der Waals surface area contributed by atoms with Crippen molar-refractivity contribution in [3.05, 3.63) is 23.8 Å². The van der Waals surface area contributed by atoms with E-state index in [2.05, 4.69) is 5.32 Å². The summed E-state index contributed by atoms with van der Waals surface area (Å²) < 4.78 is 15.7. The van der Waals surface area contributed by atoms with Crippen LogP contribution in [0.15, 0.2) is 18.2 Å². The molecular formula is C18H24N2O5. The zero-order chi connectivity index (χ0) is 17.8. The van der Waals surface area contributed by atoms with Gasteiger partial charge in [-0.15, -0.1) is 0 Å². The molecule has 1 N–H and O–H groups in total. The van der Waals surface area contributed by atoms with Crippen molar-refractivity contribution in [3.63, 3.8) is 0 Å². The van der Waals surface area contributed by atoms with Crippen molar-refractivity contribution in [1.82, 2.24) is 10.2 Å². The minimum atomic E-state index is -0.380. The predicted octanol–water partition coefficient (Wildman–Crippen LogP) is 2.40. The minimum Gasteiger partial charge on any atom is -0.454 e. The molecule has 0 atom stereocenters. The van der Waals surface area contributed by atoms with Crippen molar-refractivity contribution < 1.29 is 23.8 Å². The van der Waals surface area contributed by atoms with Crippen LogP contribution in [0, 0.1) is 5.92 Å². The van der Waals surface area contributed by atoms with E-state index in [-0.39, 0.29) is 24.8 Å². The van der Waals surface area contributed by atoms with E-state index in [1.165, 1.54) is 0 Å². The number of fused-ring (bicyclic) bond motifs is 1. The molecule has 1 fully saturated rings. The highest BCUT2D eigenvalue weighted by Crippen LogP contribution is 2.33. The molecule has 25 heavy (non-hydrogen) atoms. The van der Waals surface area contributed by atoms with Crippen LogP contribution in [0.4, 0.5) is 4.79 Å². The van der Waals surface area contributed by atoms with Gasteiger partial charge in [-0.3, -0.25) is 4.79 Å². The zero-order valence-electron chi connectivity index (χ0n) is 14.6. The smallest absolute Gasteiger partial charge is 0.407 e. The molecule has 136 valence electrons. The normalized spacial score (nSPS) is 16.8. The Hall–Kier alpha value is -2.44. The number of alkyl carbamates (subject to hydrolysis) is 1. The number of hydrogen-bond acceptors (Lipinski definition) is 5. The fourth-order valence-corrected chi connectivity index (χ4v) is 2.89. The van der Waals surface area contributed by atoms with Gasteiger partial charge in [-0.05, 0) is 37.0 Å². The van der Waals surface area contributed by atoms with Gasteiger partial charge in [0, 0.05) is 24.7 Å². The number of nitrogens with zero attached hydrogens (tertiary/aromatic N) is 1. The standard InChI is InChI=1S/C18H24N2O5/c1-12(2)10-23-18(22)19-14-5-7-20(8-6-14)17(21)13-3-4-15-16(9-13)25-11-24-15/h3-4,9,12,14H,5-8,10-11H2,1-2H3,(H,19,22). The van der Waals surface area contributed by atoms with Crippen molar-refractivity contribution in [1.29, 1.82) is 0 Å². The van der Waals surface area contributed by atoms with Crippen molar-refractivity contribution in [2.24, 2.45) is 5.92 Å². The molecule has 0 saturated carbocycles. The monoisotopic (exact) mass is 348 g/mol. The number of rotatable bonds is 4. The first-order valence-corrected chi connectivity index (χ1v) is 8.65. The number of hydrogen-bond donors (Lipinski definition) is 1. The molecule has 1 aromatic rings. The summed E-state index contributed by atoms with van der Waals surface area (Å²) in [7, 11) is 0. The second-order valence-electron chi connectivity index (χ2n) is 6.77. The van der Waals surface area contributed by atoms with Crippen LogP contribution < -0.4 is 14.8 Å². The summed E-state index contributed by atoms with van der Waals surface area (Å²) in [6.45, 7) is 5.79. The van der Waals surface area contributed by atoms with Crippen LogP contribution in [0.3, 0.4) is 0 Å². The van der Waals surface area contributed by atoms with E-state index in [9.17, 15) is 9.59 Å². The summed E-state index contributed by atoms with van der Waals surface area (Å²) >= 11 is 0. The molecule has 0 unspecified atom stereocenters.